The zero-order valence-corrected chi connectivity index (χ0v) is 15.1. The molecule has 0 saturated heterocycles. The lowest BCUT2D eigenvalue weighted by Gasteiger charge is -2.09. The second-order valence-electron chi connectivity index (χ2n) is 5.27. The maximum atomic E-state index is 12.4. The summed E-state index contributed by atoms with van der Waals surface area (Å²) in [4.78, 5) is 40.9. The summed E-state index contributed by atoms with van der Waals surface area (Å²) in [5.41, 5.74) is 0.993. The summed E-state index contributed by atoms with van der Waals surface area (Å²) < 4.78 is 9.77. The van der Waals surface area contributed by atoms with Crippen molar-refractivity contribution in [1.82, 2.24) is 5.32 Å². The highest BCUT2D eigenvalue weighted by Gasteiger charge is 2.17. The molecule has 0 aliphatic rings. The third kappa shape index (κ3) is 5.15. The zero-order valence-electron chi connectivity index (χ0n) is 15.1. The molecule has 0 aliphatic carbocycles. The minimum Gasteiger partial charge on any atom is -0.497 e. The second kappa shape index (κ2) is 9.14. The van der Waals surface area contributed by atoms with E-state index >= 15 is 0 Å². The van der Waals surface area contributed by atoms with Gasteiger partial charge in [0.05, 0.1) is 19.1 Å². The van der Waals surface area contributed by atoms with Gasteiger partial charge >= 0.3 is 11.7 Å². The first-order valence-electron chi connectivity index (χ1n) is 7.85. The molecule has 0 bridgehead atoms. The molecule has 2 aromatic rings. The van der Waals surface area contributed by atoms with Crippen LogP contribution in [0.3, 0.4) is 0 Å². The van der Waals surface area contributed by atoms with Crippen molar-refractivity contribution in [2.75, 3.05) is 21.3 Å². The molecule has 0 radical (unpaired) electrons. The first kappa shape index (κ1) is 19.6. The number of rotatable bonds is 7. The predicted octanol–water partition coefficient (Wildman–Crippen LogP) is 2.61. The van der Waals surface area contributed by atoms with Gasteiger partial charge in [0.1, 0.15) is 11.4 Å². The number of carbonyl (C=O) groups excluding carboxylic acids is 2. The Labute approximate surface area is 155 Å². The van der Waals surface area contributed by atoms with E-state index in [4.69, 9.17) is 9.47 Å². The molecule has 0 spiro atoms. The van der Waals surface area contributed by atoms with Crippen molar-refractivity contribution in [3.8, 4) is 5.75 Å². The summed E-state index contributed by atoms with van der Waals surface area (Å²) in [6.45, 7) is 0. The van der Waals surface area contributed by atoms with Crippen molar-refractivity contribution in [1.29, 1.82) is 0 Å². The van der Waals surface area contributed by atoms with Crippen molar-refractivity contribution in [2.45, 2.75) is 0 Å². The fourth-order valence-electron chi connectivity index (χ4n) is 2.19. The Hall–Kier alpha value is -3.68. The number of benzene rings is 2. The Morgan fingerprint density at radius 3 is 2.33 bits per heavy atom. The number of nitrogens with zero attached hydrogens (tertiary/aromatic N) is 1. The summed E-state index contributed by atoms with van der Waals surface area (Å²) >= 11 is 0. The van der Waals surface area contributed by atoms with Crippen LogP contribution in [0.4, 0.5) is 5.69 Å². The largest absolute Gasteiger partial charge is 0.497 e. The van der Waals surface area contributed by atoms with Crippen LogP contribution in [-0.2, 0) is 14.4 Å². The lowest BCUT2D eigenvalue weighted by molar-refractivity contribution is -0.736. The molecular formula is C19H19N2O6+. The van der Waals surface area contributed by atoms with Gasteiger partial charge in [-0.2, -0.15) is 0 Å². The third-order valence-corrected chi connectivity index (χ3v) is 3.56. The molecular weight excluding hydrogens is 352 g/mol. The molecule has 8 heteroatoms. The maximum absolute atomic E-state index is 12.4. The number of esters is 1. The molecule has 0 aliphatic heterocycles. The van der Waals surface area contributed by atoms with Gasteiger partial charge in [0, 0.05) is 17.7 Å². The molecule has 0 saturated carbocycles. The Kier molecular flexibility index (Phi) is 6.65. The van der Waals surface area contributed by atoms with Crippen LogP contribution in [0.1, 0.15) is 15.9 Å². The molecule has 0 unspecified atom stereocenters. The molecule has 1 amide bonds. The maximum Gasteiger partial charge on any atom is 0.354 e. The highest BCUT2D eigenvalue weighted by Crippen LogP contribution is 2.17. The monoisotopic (exact) mass is 371 g/mol. The highest BCUT2D eigenvalue weighted by atomic mass is 16.8. The fourth-order valence-corrected chi connectivity index (χ4v) is 2.19. The highest BCUT2D eigenvalue weighted by molar-refractivity contribution is 6.03. The molecule has 2 rings (SSSR count). The van der Waals surface area contributed by atoms with Crippen LogP contribution in [0, 0.1) is 4.91 Å². The molecule has 140 valence electrons. The number of hydrogen-bond acceptors (Lipinski definition) is 6. The van der Waals surface area contributed by atoms with E-state index in [1.807, 2.05) is 0 Å². The molecule has 0 heterocycles. The standard InChI is InChI=1S/C19H18N2O6/c1-25-16-9-7-14(8-10-16)18(22)20-17(19(23)26-2)12-13-5-4-6-15(11-13)21(24)27-3/h4-12H,1-3H3/p+1. The summed E-state index contributed by atoms with van der Waals surface area (Å²) in [6.07, 6.45) is 1.40. The van der Waals surface area contributed by atoms with E-state index in [1.54, 1.807) is 42.5 Å². The average molecular weight is 371 g/mol. The van der Waals surface area contributed by atoms with Crippen molar-refractivity contribution in [3.05, 3.63) is 70.3 Å². The van der Waals surface area contributed by atoms with E-state index in [2.05, 4.69) is 10.2 Å². The minimum absolute atomic E-state index is 0.0784. The third-order valence-electron chi connectivity index (χ3n) is 3.56. The number of hydrogen-bond donors (Lipinski definition) is 1. The number of amides is 1. The topological polar surface area (TPSA) is 93.9 Å². The van der Waals surface area contributed by atoms with Crippen LogP contribution in [0.5, 0.6) is 5.75 Å². The number of carbonyl (C=O) groups is 2. The normalized spacial score (nSPS) is 10.7. The van der Waals surface area contributed by atoms with Gasteiger partial charge in [-0.25, -0.2) is 9.63 Å². The lowest BCUT2D eigenvalue weighted by atomic mass is 10.1. The van der Waals surface area contributed by atoms with Crippen LogP contribution < -0.4 is 10.1 Å². The van der Waals surface area contributed by atoms with Gasteiger partial charge in [-0.05, 0) is 35.9 Å². The van der Waals surface area contributed by atoms with Crippen molar-refractivity contribution >= 4 is 23.6 Å². The van der Waals surface area contributed by atoms with E-state index in [0.717, 1.165) is 0 Å². The summed E-state index contributed by atoms with van der Waals surface area (Å²) in [5, 5.41) is 2.52. The van der Waals surface area contributed by atoms with E-state index in [-0.39, 0.29) is 11.4 Å². The Morgan fingerprint density at radius 1 is 1.04 bits per heavy atom. The molecule has 2 aromatic carbocycles. The molecule has 0 atom stereocenters. The summed E-state index contributed by atoms with van der Waals surface area (Å²) in [6, 6.07) is 12.7. The van der Waals surface area contributed by atoms with Crippen molar-refractivity contribution < 1.29 is 28.8 Å². The molecule has 0 fully saturated rings. The van der Waals surface area contributed by atoms with E-state index < -0.39 is 11.9 Å². The van der Waals surface area contributed by atoms with Gasteiger partial charge in [0.15, 0.2) is 7.11 Å². The summed E-state index contributed by atoms with van der Waals surface area (Å²) in [7, 11) is 3.97. The van der Waals surface area contributed by atoms with Gasteiger partial charge < -0.3 is 14.8 Å². The molecule has 1 N–H and O–H groups in total. The Bertz CT molecular complexity index is 874. The summed E-state index contributed by atoms with van der Waals surface area (Å²) in [5.74, 6) is -0.617. The van der Waals surface area contributed by atoms with Gasteiger partial charge in [0.25, 0.3) is 10.8 Å². The SMILES string of the molecule is COC(=O)C(=Cc1cccc([N+](=O)OC)c1)NC(=O)c1ccc(OC)cc1. The Balaban J connectivity index is 2.29. The zero-order chi connectivity index (χ0) is 19.8. The minimum atomic E-state index is -0.729. The van der Waals surface area contributed by atoms with Crippen LogP contribution >= 0.6 is 0 Å². The predicted molar refractivity (Wildman–Crippen MR) is 97.2 cm³/mol. The average Bonchev–Trinajstić information content (AvgIpc) is 2.72. The van der Waals surface area contributed by atoms with Gasteiger partial charge in [-0.15, -0.1) is 0 Å². The number of ether oxygens (including phenoxy) is 2. The number of methoxy groups -OCH3 is 2. The first-order valence-corrected chi connectivity index (χ1v) is 7.85. The van der Waals surface area contributed by atoms with E-state index in [1.165, 1.54) is 33.5 Å². The number of nitrogens with one attached hydrogen (secondary N) is 1. The van der Waals surface area contributed by atoms with Crippen LogP contribution in [0.2, 0.25) is 0 Å². The van der Waals surface area contributed by atoms with E-state index in [0.29, 0.717) is 21.8 Å². The van der Waals surface area contributed by atoms with Gasteiger partial charge in [-0.3, -0.25) is 4.79 Å². The second-order valence-corrected chi connectivity index (χ2v) is 5.27. The van der Waals surface area contributed by atoms with Gasteiger partial charge in [-0.1, -0.05) is 12.1 Å². The first-order chi connectivity index (χ1) is 13.0. The lowest BCUT2D eigenvalue weighted by Crippen LogP contribution is -2.28. The molecule has 0 aromatic heterocycles. The van der Waals surface area contributed by atoms with Crippen LogP contribution in [0.15, 0.2) is 54.2 Å². The smallest absolute Gasteiger partial charge is 0.354 e. The Morgan fingerprint density at radius 2 is 1.74 bits per heavy atom. The van der Waals surface area contributed by atoms with Crippen molar-refractivity contribution in [2.24, 2.45) is 0 Å². The molecule has 8 nitrogen and oxygen atoms in total. The van der Waals surface area contributed by atoms with Crippen LogP contribution in [-0.4, -0.2) is 38.1 Å². The fraction of sp³-hybridized carbons (Fsp3) is 0.158. The quantitative estimate of drug-likeness (QED) is 0.457. The molecule has 27 heavy (non-hydrogen) atoms. The van der Waals surface area contributed by atoms with Crippen molar-refractivity contribution in [3.63, 3.8) is 0 Å². The van der Waals surface area contributed by atoms with Crippen LogP contribution in [0.25, 0.3) is 6.08 Å². The van der Waals surface area contributed by atoms with Gasteiger partial charge in [0.2, 0.25) is 0 Å². The van der Waals surface area contributed by atoms with E-state index in [9.17, 15) is 14.5 Å².